The van der Waals surface area contributed by atoms with Crippen molar-refractivity contribution < 1.29 is 27.6 Å². The summed E-state index contributed by atoms with van der Waals surface area (Å²) in [6.45, 7) is 4.64. The van der Waals surface area contributed by atoms with Gasteiger partial charge in [0.1, 0.15) is 23.4 Å². The zero-order chi connectivity index (χ0) is 24.8. The number of pyridine rings is 1. The van der Waals surface area contributed by atoms with Gasteiger partial charge < -0.3 is 18.9 Å². The average molecular weight is 486 g/mol. The van der Waals surface area contributed by atoms with Crippen LogP contribution in [0.25, 0.3) is 0 Å². The molecule has 35 heavy (non-hydrogen) atoms. The van der Waals surface area contributed by atoms with E-state index in [1.807, 2.05) is 44.2 Å². The van der Waals surface area contributed by atoms with Crippen LogP contribution in [-0.4, -0.2) is 48.1 Å². The summed E-state index contributed by atoms with van der Waals surface area (Å²) in [4.78, 5) is 18.5. The summed E-state index contributed by atoms with van der Waals surface area (Å²) in [6, 6.07) is 13.1. The zero-order valence-corrected chi connectivity index (χ0v) is 19.8. The van der Waals surface area contributed by atoms with Crippen molar-refractivity contribution in [3.8, 4) is 11.6 Å². The summed E-state index contributed by atoms with van der Waals surface area (Å²) in [5, 5.41) is 3.82. The summed E-state index contributed by atoms with van der Waals surface area (Å²) in [5.41, 5.74) is 2.71. The van der Waals surface area contributed by atoms with Crippen LogP contribution in [0, 0.1) is 6.92 Å². The van der Waals surface area contributed by atoms with Crippen molar-refractivity contribution in [1.29, 1.82) is 0 Å². The Morgan fingerprint density at radius 3 is 2.74 bits per heavy atom. The second-order valence-electron chi connectivity index (χ2n) is 8.85. The highest BCUT2D eigenvalue weighted by Gasteiger charge is 2.25. The number of carbonyl (C=O) groups excluding carboxylic acids is 1. The van der Waals surface area contributed by atoms with Crippen LogP contribution in [0.5, 0.6) is 11.6 Å². The van der Waals surface area contributed by atoms with E-state index >= 15 is 0 Å². The molecule has 1 unspecified atom stereocenters. The van der Waals surface area contributed by atoms with Crippen LogP contribution < -0.4 is 14.4 Å². The number of ether oxygens (including phenoxy) is 2. The maximum atomic E-state index is 12.4. The second kappa shape index (κ2) is 11.3. The largest absolute Gasteiger partial charge is 0.489 e. The van der Waals surface area contributed by atoms with Gasteiger partial charge >= 0.3 is 0 Å². The number of ketones is 1. The number of aromatic nitrogens is 2. The minimum atomic E-state index is -2.54. The molecule has 0 N–H and O–H groups in total. The van der Waals surface area contributed by atoms with Crippen LogP contribution in [0.4, 0.5) is 14.5 Å². The van der Waals surface area contributed by atoms with Crippen LogP contribution in [0.2, 0.25) is 0 Å². The van der Waals surface area contributed by atoms with Gasteiger partial charge in [-0.2, -0.15) is 0 Å². The molecule has 7 nitrogen and oxygen atoms in total. The molecule has 186 valence electrons. The number of hydrogen-bond donors (Lipinski definition) is 0. The molecule has 1 aromatic carbocycles. The van der Waals surface area contributed by atoms with E-state index in [-0.39, 0.29) is 30.1 Å². The SMILES string of the molecule is Cc1cc(CC(=O)C[C@@H](C)c2ccc(OC3CCN(c4ccnc(OCC(F)F)c4)C3)cc2)on1. The number of anilines is 1. The van der Waals surface area contributed by atoms with E-state index in [0.29, 0.717) is 18.7 Å². The lowest BCUT2D eigenvalue weighted by Gasteiger charge is -2.20. The molecule has 2 aromatic heterocycles. The molecule has 4 rings (SSSR count). The molecule has 1 aliphatic heterocycles. The van der Waals surface area contributed by atoms with Crippen LogP contribution in [-0.2, 0) is 11.2 Å². The number of carbonyl (C=O) groups is 1. The third-order valence-electron chi connectivity index (χ3n) is 5.92. The molecule has 1 fully saturated rings. The molecule has 0 saturated carbocycles. The van der Waals surface area contributed by atoms with Crippen LogP contribution in [0.3, 0.4) is 0 Å². The molecular formula is C26H29F2N3O4. The van der Waals surface area contributed by atoms with Gasteiger partial charge in [-0.25, -0.2) is 13.8 Å². The summed E-state index contributed by atoms with van der Waals surface area (Å²) < 4.78 is 41.1. The number of aryl methyl sites for hydroxylation is 1. The first-order valence-corrected chi connectivity index (χ1v) is 11.7. The van der Waals surface area contributed by atoms with Gasteiger partial charge in [-0.3, -0.25) is 4.79 Å². The fourth-order valence-corrected chi connectivity index (χ4v) is 4.17. The summed E-state index contributed by atoms with van der Waals surface area (Å²) in [5.74, 6) is 1.74. The van der Waals surface area contributed by atoms with Gasteiger partial charge in [-0.15, -0.1) is 0 Å². The normalized spacial score (nSPS) is 16.5. The Labute approximate surface area is 203 Å². The Bertz CT molecular complexity index is 1120. The van der Waals surface area contributed by atoms with E-state index in [4.69, 9.17) is 14.0 Å². The fraction of sp³-hybridized carbons (Fsp3) is 0.423. The third kappa shape index (κ3) is 7.00. The minimum absolute atomic E-state index is 0.00353. The molecule has 0 spiro atoms. The number of rotatable bonds is 11. The molecule has 2 atom stereocenters. The predicted octanol–water partition coefficient (Wildman–Crippen LogP) is 4.99. The summed E-state index contributed by atoms with van der Waals surface area (Å²) in [7, 11) is 0. The lowest BCUT2D eigenvalue weighted by atomic mass is 9.94. The van der Waals surface area contributed by atoms with E-state index in [0.717, 1.165) is 35.7 Å². The number of benzene rings is 1. The fourth-order valence-electron chi connectivity index (χ4n) is 4.17. The maximum absolute atomic E-state index is 12.4. The molecular weight excluding hydrogens is 456 g/mol. The highest BCUT2D eigenvalue weighted by molar-refractivity contribution is 5.81. The average Bonchev–Trinajstić information content (AvgIpc) is 3.47. The van der Waals surface area contributed by atoms with E-state index < -0.39 is 13.0 Å². The lowest BCUT2D eigenvalue weighted by Crippen LogP contribution is -2.24. The highest BCUT2D eigenvalue weighted by Crippen LogP contribution is 2.27. The van der Waals surface area contributed by atoms with Gasteiger partial charge in [0.05, 0.1) is 18.7 Å². The monoisotopic (exact) mass is 485 g/mol. The van der Waals surface area contributed by atoms with E-state index in [2.05, 4.69) is 15.0 Å². The Morgan fingerprint density at radius 1 is 1.23 bits per heavy atom. The summed E-state index contributed by atoms with van der Waals surface area (Å²) >= 11 is 0. The Kier molecular flexibility index (Phi) is 7.94. The van der Waals surface area contributed by atoms with Crippen molar-refractivity contribution in [2.75, 3.05) is 24.6 Å². The molecule has 0 amide bonds. The maximum Gasteiger partial charge on any atom is 0.272 e. The molecule has 1 saturated heterocycles. The first-order chi connectivity index (χ1) is 16.9. The first kappa shape index (κ1) is 24.6. The first-order valence-electron chi connectivity index (χ1n) is 11.7. The van der Waals surface area contributed by atoms with E-state index in [1.54, 1.807) is 18.3 Å². The van der Waals surface area contributed by atoms with Crippen LogP contribution in [0.15, 0.2) is 53.2 Å². The minimum Gasteiger partial charge on any atom is -0.489 e. The molecule has 0 radical (unpaired) electrons. The van der Waals surface area contributed by atoms with Crippen LogP contribution in [0.1, 0.15) is 42.7 Å². The van der Waals surface area contributed by atoms with Crippen molar-refractivity contribution in [3.63, 3.8) is 0 Å². The van der Waals surface area contributed by atoms with Crippen molar-refractivity contribution in [2.45, 2.75) is 51.6 Å². The Hall–Kier alpha value is -3.49. The smallest absolute Gasteiger partial charge is 0.272 e. The van der Waals surface area contributed by atoms with Crippen molar-refractivity contribution in [1.82, 2.24) is 10.1 Å². The third-order valence-corrected chi connectivity index (χ3v) is 5.92. The standard InChI is InChI=1S/C26H29F2N3O4/c1-17(11-21(32)14-24-12-18(2)30-35-24)19-3-5-22(6-4-19)34-23-8-10-31(15-23)20-7-9-29-26(13-20)33-16-25(27)28/h3-7,9,12-13,17,23,25H,8,10-11,14-16H2,1-2H3/t17-,23?/m1/s1. The Morgan fingerprint density at radius 2 is 2.03 bits per heavy atom. The zero-order valence-electron chi connectivity index (χ0n) is 19.8. The van der Waals surface area contributed by atoms with E-state index in [9.17, 15) is 13.6 Å². The molecule has 3 aromatic rings. The van der Waals surface area contributed by atoms with Crippen LogP contribution >= 0.6 is 0 Å². The highest BCUT2D eigenvalue weighted by atomic mass is 19.3. The van der Waals surface area contributed by atoms with Gasteiger partial charge in [0.2, 0.25) is 5.88 Å². The molecule has 0 aliphatic carbocycles. The topological polar surface area (TPSA) is 77.7 Å². The molecule has 9 heteroatoms. The van der Waals surface area contributed by atoms with Gasteiger partial charge in [0.25, 0.3) is 6.43 Å². The molecule has 1 aliphatic rings. The number of Topliss-reactive ketones (excluding diaryl/α,β-unsaturated/α-hetero) is 1. The number of nitrogens with zero attached hydrogens (tertiary/aromatic N) is 3. The summed E-state index contributed by atoms with van der Waals surface area (Å²) in [6.07, 6.45) is 0.534. The number of halogens is 2. The van der Waals surface area contributed by atoms with E-state index in [1.165, 1.54) is 0 Å². The van der Waals surface area contributed by atoms with Crippen molar-refractivity contribution in [2.24, 2.45) is 0 Å². The lowest BCUT2D eigenvalue weighted by molar-refractivity contribution is -0.119. The van der Waals surface area contributed by atoms with Gasteiger partial charge in [0, 0.05) is 43.4 Å². The van der Waals surface area contributed by atoms with Crippen molar-refractivity contribution in [3.05, 3.63) is 65.7 Å². The van der Waals surface area contributed by atoms with Gasteiger partial charge in [0.15, 0.2) is 6.61 Å². The molecule has 0 bridgehead atoms. The second-order valence-corrected chi connectivity index (χ2v) is 8.85. The van der Waals surface area contributed by atoms with Crippen molar-refractivity contribution >= 4 is 11.5 Å². The number of alkyl halides is 2. The van der Waals surface area contributed by atoms with Gasteiger partial charge in [-0.1, -0.05) is 24.2 Å². The number of hydrogen-bond acceptors (Lipinski definition) is 7. The Balaban J connectivity index is 1.26. The van der Waals surface area contributed by atoms with Gasteiger partial charge in [-0.05, 0) is 36.6 Å². The predicted molar refractivity (Wildman–Crippen MR) is 126 cm³/mol. The molecule has 3 heterocycles. The quantitative estimate of drug-likeness (QED) is 0.379.